The van der Waals surface area contributed by atoms with Crippen LogP contribution in [0.1, 0.15) is 34.1 Å². The maximum Gasteiger partial charge on any atom is 0.187 e. The molecular formula is C47H50O10. The summed E-state index contributed by atoms with van der Waals surface area (Å²) in [7, 11) is 1.60. The minimum atomic E-state index is -0.921. The Kier molecular flexibility index (Phi) is 13.8. The molecule has 10 atom stereocenters. The number of methoxy groups -OCH3 is 1. The van der Waals surface area contributed by atoms with Gasteiger partial charge in [-0.3, -0.25) is 0 Å². The van der Waals surface area contributed by atoms with E-state index in [2.05, 4.69) is 0 Å². The van der Waals surface area contributed by atoms with Crippen LogP contribution in [0, 0.1) is 0 Å². The van der Waals surface area contributed by atoms with Crippen molar-refractivity contribution in [3.63, 3.8) is 0 Å². The first-order valence-electron chi connectivity index (χ1n) is 19.6. The summed E-state index contributed by atoms with van der Waals surface area (Å²) in [5, 5.41) is 0. The second-order valence-electron chi connectivity index (χ2n) is 14.4. The molecule has 0 N–H and O–H groups in total. The summed E-state index contributed by atoms with van der Waals surface area (Å²) in [4.78, 5) is 0. The summed E-state index contributed by atoms with van der Waals surface area (Å²) >= 11 is 0. The Morgan fingerprint density at radius 3 is 1.53 bits per heavy atom. The number of hydrogen-bond acceptors (Lipinski definition) is 10. The van der Waals surface area contributed by atoms with Crippen LogP contribution in [0.15, 0.2) is 152 Å². The fraction of sp³-hybridized carbons (Fsp3) is 0.362. The fourth-order valence-corrected chi connectivity index (χ4v) is 7.48. The van der Waals surface area contributed by atoms with Crippen molar-refractivity contribution in [2.24, 2.45) is 0 Å². The van der Waals surface area contributed by atoms with Crippen molar-refractivity contribution in [3.8, 4) is 0 Å². The largest absolute Gasteiger partial charge is 0.374 e. The fourth-order valence-electron chi connectivity index (χ4n) is 7.48. The zero-order valence-corrected chi connectivity index (χ0v) is 32.0. The van der Waals surface area contributed by atoms with Crippen molar-refractivity contribution in [1.29, 1.82) is 0 Å². The Morgan fingerprint density at radius 1 is 0.491 bits per heavy atom. The molecule has 0 saturated carbocycles. The summed E-state index contributed by atoms with van der Waals surface area (Å²) in [5.74, 6) is 0. The lowest BCUT2D eigenvalue weighted by molar-refractivity contribution is -0.382. The third kappa shape index (κ3) is 10.2. The summed E-state index contributed by atoms with van der Waals surface area (Å²) in [5.41, 5.74) is 4.99. The molecule has 5 aromatic rings. The normalized spacial score (nSPS) is 28.5. The van der Waals surface area contributed by atoms with Gasteiger partial charge in [0.1, 0.15) is 42.7 Å². The molecule has 0 radical (unpaired) electrons. The van der Waals surface area contributed by atoms with Crippen LogP contribution < -0.4 is 0 Å². The first-order valence-corrected chi connectivity index (χ1v) is 19.6. The Morgan fingerprint density at radius 2 is 0.982 bits per heavy atom. The highest BCUT2D eigenvalue weighted by molar-refractivity contribution is 5.18. The molecule has 298 valence electrons. The number of ether oxygens (including phenoxy) is 10. The molecule has 3 aliphatic rings. The minimum absolute atomic E-state index is 0.242. The molecule has 1 unspecified atom stereocenters. The first-order chi connectivity index (χ1) is 28.2. The molecule has 0 spiro atoms. The average Bonchev–Trinajstić information content (AvgIpc) is 3.60. The van der Waals surface area contributed by atoms with Gasteiger partial charge in [-0.25, -0.2) is 0 Å². The third-order valence-corrected chi connectivity index (χ3v) is 10.4. The van der Waals surface area contributed by atoms with Crippen LogP contribution >= 0.6 is 0 Å². The Balaban J connectivity index is 1.09. The van der Waals surface area contributed by atoms with E-state index in [1.54, 1.807) is 7.11 Å². The molecule has 10 heteroatoms. The summed E-state index contributed by atoms with van der Waals surface area (Å²) in [6.07, 6.45) is -6.65. The molecule has 3 saturated heterocycles. The van der Waals surface area contributed by atoms with E-state index in [-0.39, 0.29) is 13.2 Å². The van der Waals surface area contributed by atoms with Gasteiger partial charge < -0.3 is 47.4 Å². The van der Waals surface area contributed by atoms with E-state index in [0.29, 0.717) is 26.4 Å². The molecule has 0 bridgehead atoms. The Bertz CT molecular complexity index is 1890. The highest BCUT2D eigenvalue weighted by Crippen LogP contribution is 2.39. The minimum Gasteiger partial charge on any atom is -0.374 e. The average molecular weight is 775 g/mol. The standard InChI is InChI=1S/C47H50O10/c1-48-46-44(42(51-29-35-21-11-4-12-22-35)41-39(54-46)32-53-45(56-41)37-25-15-6-16-26-37)57-47-43(52-30-36-23-13-5-14-24-36)40(50-28-34-19-9-3-10-20-34)38(55-47)31-49-27-33-17-7-2-8-18-33/h2-26,38-47H,27-32H2,1H3/t38-,39-,40-,41-,42+,43+,44+,45?,46+,47+/m1/s1. The van der Waals surface area contributed by atoms with Gasteiger partial charge in [-0.15, -0.1) is 0 Å². The van der Waals surface area contributed by atoms with E-state index in [9.17, 15) is 0 Å². The van der Waals surface area contributed by atoms with Crippen molar-refractivity contribution in [1.82, 2.24) is 0 Å². The van der Waals surface area contributed by atoms with Gasteiger partial charge in [0, 0.05) is 12.7 Å². The summed E-state index contributed by atoms with van der Waals surface area (Å²) in [6, 6.07) is 50.0. The molecule has 3 fully saturated rings. The van der Waals surface area contributed by atoms with Crippen molar-refractivity contribution in [2.75, 3.05) is 20.3 Å². The lowest BCUT2D eigenvalue weighted by Gasteiger charge is -2.49. The van der Waals surface area contributed by atoms with E-state index in [0.717, 1.165) is 27.8 Å². The van der Waals surface area contributed by atoms with Gasteiger partial charge in [-0.1, -0.05) is 152 Å². The van der Waals surface area contributed by atoms with Crippen molar-refractivity contribution < 1.29 is 47.4 Å². The van der Waals surface area contributed by atoms with Crippen LogP contribution in [0.25, 0.3) is 0 Å². The number of benzene rings is 5. The monoisotopic (exact) mass is 774 g/mol. The maximum absolute atomic E-state index is 7.05. The van der Waals surface area contributed by atoms with Crippen molar-refractivity contribution in [3.05, 3.63) is 179 Å². The predicted molar refractivity (Wildman–Crippen MR) is 210 cm³/mol. The first kappa shape index (κ1) is 39.5. The topological polar surface area (TPSA) is 92.3 Å². The number of hydrogen-bond donors (Lipinski definition) is 0. The van der Waals surface area contributed by atoms with Crippen LogP contribution in [0.2, 0.25) is 0 Å². The molecule has 0 aromatic heterocycles. The van der Waals surface area contributed by atoms with Crippen LogP contribution in [0.4, 0.5) is 0 Å². The van der Waals surface area contributed by atoms with Gasteiger partial charge in [0.2, 0.25) is 0 Å². The van der Waals surface area contributed by atoms with Gasteiger partial charge in [0.05, 0.1) is 39.6 Å². The van der Waals surface area contributed by atoms with Crippen molar-refractivity contribution >= 4 is 0 Å². The van der Waals surface area contributed by atoms with Crippen molar-refractivity contribution in [2.45, 2.75) is 88.0 Å². The highest BCUT2D eigenvalue weighted by atomic mass is 16.8. The molecule has 3 aliphatic heterocycles. The smallest absolute Gasteiger partial charge is 0.187 e. The van der Waals surface area contributed by atoms with Crippen LogP contribution in [0.3, 0.4) is 0 Å². The number of fused-ring (bicyclic) bond motifs is 1. The molecule has 5 aromatic carbocycles. The molecule has 10 nitrogen and oxygen atoms in total. The van der Waals surface area contributed by atoms with E-state index < -0.39 is 61.6 Å². The van der Waals surface area contributed by atoms with Gasteiger partial charge in [-0.05, 0) is 22.3 Å². The van der Waals surface area contributed by atoms with E-state index >= 15 is 0 Å². The van der Waals surface area contributed by atoms with E-state index in [1.165, 1.54) is 0 Å². The molecule has 0 aliphatic carbocycles. The maximum atomic E-state index is 7.05. The second-order valence-corrected chi connectivity index (χ2v) is 14.4. The summed E-state index contributed by atoms with van der Waals surface area (Å²) in [6.45, 7) is 1.90. The quantitative estimate of drug-likeness (QED) is 0.0944. The lowest BCUT2D eigenvalue weighted by atomic mass is 9.97. The van der Waals surface area contributed by atoms with Gasteiger partial charge >= 0.3 is 0 Å². The lowest BCUT2D eigenvalue weighted by Crippen LogP contribution is -2.64. The molecule has 8 rings (SSSR count). The highest BCUT2D eigenvalue weighted by Gasteiger charge is 2.55. The second kappa shape index (κ2) is 19.9. The number of rotatable bonds is 17. The summed E-state index contributed by atoms with van der Waals surface area (Å²) < 4.78 is 65.8. The van der Waals surface area contributed by atoms with Gasteiger partial charge in [-0.2, -0.15) is 0 Å². The molecule has 0 amide bonds. The third-order valence-electron chi connectivity index (χ3n) is 10.4. The van der Waals surface area contributed by atoms with Gasteiger partial charge in [0.25, 0.3) is 0 Å². The van der Waals surface area contributed by atoms with Crippen LogP contribution in [-0.2, 0) is 73.8 Å². The zero-order valence-electron chi connectivity index (χ0n) is 32.0. The molecule has 57 heavy (non-hydrogen) atoms. The zero-order chi connectivity index (χ0) is 38.7. The van der Waals surface area contributed by atoms with Gasteiger partial charge in [0.15, 0.2) is 18.9 Å². The molecule has 3 heterocycles. The van der Waals surface area contributed by atoms with Crippen LogP contribution in [-0.4, -0.2) is 75.6 Å². The van der Waals surface area contributed by atoms with E-state index in [4.69, 9.17) is 47.4 Å². The van der Waals surface area contributed by atoms with E-state index in [1.807, 2.05) is 152 Å². The SMILES string of the molecule is CO[C@H]1O[C@@H]2COC(c3ccccc3)O[C@H]2[C@H](OCc2ccccc2)[C@@H]1O[C@@H]1O[C@H](COCc2ccccc2)[C@@H](OCc2ccccc2)[C@@H]1OCc1ccccc1. The predicted octanol–water partition coefficient (Wildman–Crippen LogP) is 7.56. The Labute approximate surface area is 334 Å². The molecular weight excluding hydrogens is 725 g/mol. The Hall–Kier alpha value is -4.30. The van der Waals surface area contributed by atoms with Crippen LogP contribution in [0.5, 0.6) is 0 Å².